The molecule has 0 aliphatic heterocycles. The number of primary amides is 1. The number of nitrogens with zero attached hydrogens (tertiary/aromatic N) is 1. The molecule has 1 aliphatic carbocycles. The van der Waals surface area contributed by atoms with Crippen molar-refractivity contribution in [2.75, 3.05) is 0 Å². The summed E-state index contributed by atoms with van der Waals surface area (Å²) < 4.78 is 0. The maximum atomic E-state index is 11.4. The maximum Gasteiger partial charge on any atom is 0.315 e. The van der Waals surface area contributed by atoms with Crippen LogP contribution in [-0.4, -0.2) is 23.0 Å². The van der Waals surface area contributed by atoms with Crippen LogP contribution in [0.1, 0.15) is 59.3 Å². The van der Waals surface area contributed by atoms with E-state index in [0.29, 0.717) is 0 Å². The first-order valence-corrected chi connectivity index (χ1v) is 6.60. The van der Waals surface area contributed by atoms with E-state index in [-0.39, 0.29) is 18.1 Å². The molecule has 1 aliphatic rings. The average Bonchev–Trinajstić information content (AvgIpc) is 2.17. The van der Waals surface area contributed by atoms with E-state index in [0.717, 1.165) is 12.3 Å². The Morgan fingerprint density at radius 2 is 1.81 bits per heavy atom. The Balaban J connectivity index is 2.47. The van der Waals surface area contributed by atoms with Crippen molar-refractivity contribution in [1.29, 1.82) is 0 Å². The first-order valence-electron chi connectivity index (χ1n) is 6.60. The highest BCUT2D eigenvalue weighted by molar-refractivity contribution is 5.72. The number of hydrogen-bond acceptors (Lipinski definition) is 1. The highest BCUT2D eigenvalue weighted by atomic mass is 16.2. The maximum absolute atomic E-state index is 11.4. The second-order valence-corrected chi connectivity index (χ2v) is 5.43. The van der Waals surface area contributed by atoms with Gasteiger partial charge in [0.1, 0.15) is 0 Å². The van der Waals surface area contributed by atoms with Gasteiger partial charge < -0.3 is 10.6 Å². The second kappa shape index (κ2) is 6.12. The fraction of sp³-hybridized carbons (Fsp3) is 0.923. The van der Waals surface area contributed by atoms with Gasteiger partial charge in [0, 0.05) is 12.1 Å². The van der Waals surface area contributed by atoms with Crippen LogP contribution in [0.2, 0.25) is 0 Å². The van der Waals surface area contributed by atoms with Gasteiger partial charge in [-0.3, -0.25) is 0 Å². The number of carbonyl (C=O) groups excluding carboxylic acids is 1. The molecule has 1 atom stereocenters. The summed E-state index contributed by atoms with van der Waals surface area (Å²) in [5.41, 5.74) is 5.43. The third kappa shape index (κ3) is 3.69. The lowest BCUT2D eigenvalue weighted by Crippen LogP contribution is -2.47. The van der Waals surface area contributed by atoms with Crippen LogP contribution in [0.15, 0.2) is 0 Å². The van der Waals surface area contributed by atoms with Crippen molar-refractivity contribution >= 4 is 6.03 Å². The van der Waals surface area contributed by atoms with Crippen LogP contribution >= 0.6 is 0 Å². The van der Waals surface area contributed by atoms with E-state index in [4.69, 9.17) is 5.73 Å². The van der Waals surface area contributed by atoms with Crippen molar-refractivity contribution in [3.8, 4) is 0 Å². The van der Waals surface area contributed by atoms with Crippen LogP contribution in [0.5, 0.6) is 0 Å². The number of amides is 2. The zero-order valence-electron chi connectivity index (χ0n) is 10.9. The number of hydrogen-bond donors (Lipinski definition) is 1. The quantitative estimate of drug-likeness (QED) is 0.786. The van der Waals surface area contributed by atoms with Crippen molar-refractivity contribution in [2.45, 2.75) is 71.4 Å². The van der Waals surface area contributed by atoms with Crippen molar-refractivity contribution in [3.63, 3.8) is 0 Å². The second-order valence-electron chi connectivity index (χ2n) is 5.43. The highest BCUT2D eigenvalue weighted by Gasteiger charge is 2.24. The summed E-state index contributed by atoms with van der Waals surface area (Å²) in [6, 6.07) is 0.204. The van der Waals surface area contributed by atoms with Crippen LogP contribution in [0.3, 0.4) is 0 Å². The summed E-state index contributed by atoms with van der Waals surface area (Å²) in [5, 5.41) is 0. The molecule has 0 aromatic rings. The number of nitrogens with two attached hydrogens (primary N) is 1. The molecule has 2 N–H and O–H groups in total. The van der Waals surface area contributed by atoms with E-state index >= 15 is 0 Å². The molecule has 0 heterocycles. The molecule has 1 unspecified atom stereocenters. The van der Waals surface area contributed by atoms with Gasteiger partial charge in [0.25, 0.3) is 0 Å². The van der Waals surface area contributed by atoms with Gasteiger partial charge in [-0.25, -0.2) is 4.79 Å². The Morgan fingerprint density at radius 1 is 1.25 bits per heavy atom. The molecule has 1 rings (SSSR count). The number of urea groups is 1. The van der Waals surface area contributed by atoms with E-state index in [9.17, 15) is 4.79 Å². The van der Waals surface area contributed by atoms with Gasteiger partial charge in [-0.1, -0.05) is 32.1 Å². The largest absolute Gasteiger partial charge is 0.351 e. The molecule has 0 saturated heterocycles. The molecule has 1 fully saturated rings. The molecular weight excluding hydrogens is 200 g/mol. The fourth-order valence-corrected chi connectivity index (χ4v) is 3.00. The van der Waals surface area contributed by atoms with Gasteiger partial charge in [-0.2, -0.15) is 0 Å². The van der Waals surface area contributed by atoms with E-state index in [2.05, 4.69) is 6.92 Å². The molecule has 0 radical (unpaired) electrons. The smallest absolute Gasteiger partial charge is 0.315 e. The number of rotatable bonds is 4. The lowest BCUT2D eigenvalue weighted by atomic mass is 9.84. The Morgan fingerprint density at radius 3 is 2.25 bits per heavy atom. The standard InChI is InChI=1S/C13H26N2O/c1-10(2)15(13(14)16)11(3)9-12-7-5-4-6-8-12/h10-12H,4-9H2,1-3H3,(H2,14,16). The van der Waals surface area contributed by atoms with E-state index in [1.807, 2.05) is 18.7 Å². The van der Waals surface area contributed by atoms with Gasteiger partial charge in [-0.15, -0.1) is 0 Å². The van der Waals surface area contributed by atoms with Crippen LogP contribution in [0, 0.1) is 5.92 Å². The molecule has 16 heavy (non-hydrogen) atoms. The summed E-state index contributed by atoms with van der Waals surface area (Å²) in [7, 11) is 0. The Hall–Kier alpha value is -0.730. The Kier molecular flexibility index (Phi) is 5.10. The Bertz CT molecular complexity index is 222. The van der Waals surface area contributed by atoms with Crippen molar-refractivity contribution < 1.29 is 4.79 Å². The predicted octanol–water partition coefficient (Wildman–Crippen LogP) is 3.13. The molecule has 94 valence electrons. The average molecular weight is 226 g/mol. The van der Waals surface area contributed by atoms with Crippen molar-refractivity contribution in [3.05, 3.63) is 0 Å². The zero-order chi connectivity index (χ0) is 12.1. The summed E-state index contributed by atoms with van der Waals surface area (Å²) in [6.45, 7) is 6.18. The van der Waals surface area contributed by atoms with Gasteiger partial charge in [0.2, 0.25) is 0 Å². The molecule has 1 saturated carbocycles. The van der Waals surface area contributed by atoms with E-state index in [1.54, 1.807) is 0 Å². The summed E-state index contributed by atoms with van der Waals surface area (Å²) in [6.07, 6.45) is 7.87. The summed E-state index contributed by atoms with van der Waals surface area (Å²) in [5.74, 6) is 0.796. The van der Waals surface area contributed by atoms with Crippen LogP contribution < -0.4 is 5.73 Å². The molecule has 0 aromatic heterocycles. The minimum atomic E-state index is -0.279. The SMILES string of the molecule is CC(C)N(C(N)=O)C(C)CC1CCCCC1. The molecule has 0 bridgehead atoms. The normalized spacial score (nSPS) is 19.8. The first kappa shape index (κ1) is 13.3. The first-order chi connectivity index (χ1) is 7.52. The molecular formula is C13H26N2O. The lowest BCUT2D eigenvalue weighted by molar-refractivity contribution is 0.150. The van der Waals surface area contributed by atoms with Crippen molar-refractivity contribution in [1.82, 2.24) is 4.90 Å². The predicted molar refractivity (Wildman–Crippen MR) is 67.2 cm³/mol. The monoisotopic (exact) mass is 226 g/mol. The van der Waals surface area contributed by atoms with Crippen molar-refractivity contribution in [2.24, 2.45) is 11.7 Å². The fourth-order valence-electron chi connectivity index (χ4n) is 3.00. The van der Waals surface area contributed by atoms with Gasteiger partial charge >= 0.3 is 6.03 Å². The lowest BCUT2D eigenvalue weighted by Gasteiger charge is -2.34. The minimum Gasteiger partial charge on any atom is -0.351 e. The molecule has 3 nitrogen and oxygen atoms in total. The van der Waals surface area contributed by atoms with Gasteiger partial charge in [-0.05, 0) is 33.1 Å². The third-order valence-electron chi connectivity index (χ3n) is 3.68. The summed E-state index contributed by atoms with van der Waals surface area (Å²) >= 11 is 0. The van der Waals surface area contributed by atoms with Crippen LogP contribution in [0.4, 0.5) is 4.79 Å². The molecule has 0 aromatic carbocycles. The zero-order valence-corrected chi connectivity index (χ0v) is 10.9. The number of carbonyl (C=O) groups is 1. The molecule has 2 amide bonds. The molecule has 3 heteroatoms. The van der Waals surface area contributed by atoms with Gasteiger partial charge in [0.15, 0.2) is 0 Å². The third-order valence-corrected chi connectivity index (χ3v) is 3.68. The molecule has 0 spiro atoms. The highest BCUT2D eigenvalue weighted by Crippen LogP contribution is 2.28. The minimum absolute atomic E-state index is 0.205. The van der Waals surface area contributed by atoms with Crippen LogP contribution in [0.25, 0.3) is 0 Å². The Labute approximate surface area is 99.4 Å². The van der Waals surface area contributed by atoms with Crippen LogP contribution in [-0.2, 0) is 0 Å². The topological polar surface area (TPSA) is 46.3 Å². The summed E-state index contributed by atoms with van der Waals surface area (Å²) in [4.78, 5) is 13.2. The van der Waals surface area contributed by atoms with Gasteiger partial charge in [0.05, 0.1) is 0 Å². The van der Waals surface area contributed by atoms with E-state index in [1.165, 1.54) is 32.1 Å². The van der Waals surface area contributed by atoms with E-state index < -0.39 is 0 Å².